The molecule has 0 saturated carbocycles. The van der Waals surface area contributed by atoms with Crippen LogP contribution in [0.15, 0.2) is 24.3 Å². The molecule has 1 aromatic rings. The lowest BCUT2D eigenvalue weighted by molar-refractivity contribution is -0.275. The summed E-state index contributed by atoms with van der Waals surface area (Å²) in [7, 11) is 0. The average molecular weight is 321 g/mol. The van der Waals surface area contributed by atoms with Crippen molar-refractivity contribution >= 4 is 11.8 Å². The van der Waals surface area contributed by atoms with E-state index in [0.29, 0.717) is 17.9 Å². The van der Waals surface area contributed by atoms with Crippen LogP contribution in [0, 0.1) is 0 Å². The number of halogens is 3. The standard InChI is InChI=1S/C15H22F3NOS/c1-5-19-12(10-21-14(2,3)4)11-8-6-7-9-13(11)20-15(16,17)18/h6-9,12,19H,5,10H2,1-4H3. The third kappa shape index (κ3) is 7.09. The fourth-order valence-corrected chi connectivity index (χ4v) is 2.79. The van der Waals surface area contributed by atoms with E-state index in [2.05, 4.69) is 30.8 Å². The Hall–Kier alpha value is -0.880. The van der Waals surface area contributed by atoms with Gasteiger partial charge < -0.3 is 10.1 Å². The van der Waals surface area contributed by atoms with Crippen LogP contribution >= 0.6 is 11.8 Å². The molecule has 1 aromatic carbocycles. The molecule has 0 bridgehead atoms. The molecule has 1 rings (SSSR count). The minimum Gasteiger partial charge on any atom is -0.405 e. The van der Waals surface area contributed by atoms with Crippen molar-refractivity contribution in [3.05, 3.63) is 29.8 Å². The van der Waals surface area contributed by atoms with Crippen LogP contribution in [0.2, 0.25) is 0 Å². The van der Waals surface area contributed by atoms with Crippen molar-refractivity contribution in [1.82, 2.24) is 5.32 Å². The average Bonchev–Trinajstić information content (AvgIpc) is 2.32. The van der Waals surface area contributed by atoms with Gasteiger partial charge in [0.15, 0.2) is 0 Å². The Bertz CT molecular complexity index is 443. The summed E-state index contributed by atoms with van der Waals surface area (Å²) in [5.74, 6) is 0.542. The van der Waals surface area contributed by atoms with E-state index in [-0.39, 0.29) is 16.5 Å². The van der Waals surface area contributed by atoms with Crippen molar-refractivity contribution < 1.29 is 17.9 Å². The third-order valence-corrected chi connectivity index (χ3v) is 4.02. The lowest BCUT2D eigenvalue weighted by Crippen LogP contribution is -2.27. The summed E-state index contributed by atoms with van der Waals surface area (Å²) in [4.78, 5) is 0. The van der Waals surface area contributed by atoms with Crippen molar-refractivity contribution in [2.75, 3.05) is 12.3 Å². The maximum Gasteiger partial charge on any atom is 0.573 e. The number of benzene rings is 1. The maximum atomic E-state index is 12.5. The van der Waals surface area contributed by atoms with E-state index in [4.69, 9.17) is 0 Å². The summed E-state index contributed by atoms with van der Waals surface area (Å²) in [5.41, 5.74) is 0.536. The topological polar surface area (TPSA) is 21.3 Å². The van der Waals surface area contributed by atoms with Crippen LogP contribution in [-0.2, 0) is 0 Å². The van der Waals surface area contributed by atoms with Crippen LogP contribution in [-0.4, -0.2) is 23.4 Å². The molecule has 0 aliphatic heterocycles. The van der Waals surface area contributed by atoms with Crippen LogP contribution in [0.5, 0.6) is 5.75 Å². The van der Waals surface area contributed by atoms with Crippen molar-refractivity contribution in [2.24, 2.45) is 0 Å². The molecule has 0 amide bonds. The fraction of sp³-hybridized carbons (Fsp3) is 0.600. The zero-order valence-electron chi connectivity index (χ0n) is 12.8. The van der Waals surface area contributed by atoms with Gasteiger partial charge in [-0.05, 0) is 12.6 Å². The molecule has 0 heterocycles. The molecule has 21 heavy (non-hydrogen) atoms. The minimum absolute atomic E-state index is 0.0491. The second-order valence-corrected chi connectivity index (χ2v) is 7.47. The normalized spacial score (nSPS) is 14.0. The molecule has 0 aromatic heterocycles. The van der Waals surface area contributed by atoms with Gasteiger partial charge in [-0.2, -0.15) is 11.8 Å². The molecule has 0 aliphatic rings. The number of rotatable bonds is 6. The molecule has 1 unspecified atom stereocenters. The number of hydrogen-bond acceptors (Lipinski definition) is 3. The van der Waals surface area contributed by atoms with Crippen LogP contribution in [0.25, 0.3) is 0 Å². The SMILES string of the molecule is CCNC(CSC(C)(C)C)c1ccccc1OC(F)(F)F. The van der Waals surface area contributed by atoms with E-state index in [0.717, 1.165) is 0 Å². The van der Waals surface area contributed by atoms with E-state index in [1.54, 1.807) is 30.0 Å². The molecule has 1 N–H and O–H groups in total. The lowest BCUT2D eigenvalue weighted by Gasteiger charge is -2.25. The van der Waals surface area contributed by atoms with Gasteiger partial charge in [0.25, 0.3) is 0 Å². The highest BCUT2D eigenvalue weighted by Crippen LogP contribution is 2.34. The highest BCUT2D eigenvalue weighted by Gasteiger charge is 2.33. The summed E-state index contributed by atoms with van der Waals surface area (Å²) in [6.07, 6.45) is -4.68. The van der Waals surface area contributed by atoms with Crippen molar-refractivity contribution in [2.45, 2.75) is 44.8 Å². The fourth-order valence-electron chi connectivity index (χ4n) is 1.82. The Morgan fingerprint density at radius 2 is 1.81 bits per heavy atom. The first-order valence-corrected chi connectivity index (χ1v) is 7.83. The molecule has 120 valence electrons. The summed E-state index contributed by atoms with van der Waals surface area (Å²) >= 11 is 1.70. The molecular formula is C15H22F3NOS. The van der Waals surface area contributed by atoms with Gasteiger partial charge in [0.05, 0.1) is 0 Å². The Balaban J connectivity index is 2.96. The molecule has 0 saturated heterocycles. The quantitative estimate of drug-likeness (QED) is 0.815. The monoisotopic (exact) mass is 321 g/mol. The first-order valence-electron chi connectivity index (χ1n) is 6.84. The zero-order valence-corrected chi connectivity index (χ0v) is 13.6. The summed E-state index contributed by atoms with van der Waals surface area (Å²) in [5, 5.41) is 3.23. The number of nitrogens with one attached hydrogen (secondary N) is 1. The van der Waals surface area contributed by atoms with Crippen molar-refractivity contribution in [3.63, 3.8) is 0 Å². The zero-order chi connectivity index (χ0) is 16.1. The molecule has 2 nitrogen and oxygen atoms in total. The van der Waals surface area contributed by atoms with Crippen molar-refractivity contribution in [1.29, 1.82) is 0 Å². The van der Waals surface area contributed by atoms with Gasteiger partial charge in [0.2, 0.25) is 0 Å². The molecule has 0 radical (unpaired) electrons. The van der Waals surface area contributed by atoms with Crippen LogP contribution in [0.1, 0.15) is 39.3 Å². The summed E-state index contributed by atoms with van der Waals surface area (Å²) in [6.45, 7) is 8.86. The number of alkyl halides is 3. The second kappa shape index (κ2) is 7.40. The van der Waals surface area contributed by atoms with Gasteiger partial charge in [-0.3, -0.25) is 0 Å². The Morgan fingerprint density at radius 3 is 2.33 bits per heavy atom. The van der Waals surface area contributed by atoms with Crippen LogP contribution < -0.4 is 10.1 Å². The van der Waals surface area contributed by atoms with E-state index in [9.17, 15) is 13.2 Å². The van der Waals surface area contributed by atoms with E-state index < -0.39 is 6.36 Å². The van der Waals surface area contributed by atoms with E-state index in [1.807, 2.05) is 6.92 Å². The van der Waals surface area contributed by atoms with E-state index in [1.165, 1.54) is 6.07 Å². The van der Waals surface area contributed by atoms with Crippen LogP contribution in [0.4, 0.5) is 13.2 Å². The molecule has 0 aliphatic carbocycles. The van der Waals surface area contributed by atoms with Gasteiger partial charge in [0, 0.05) is 22.1 Å². The largest absolute Gasteiger partial charge is 0.573 e. The number of hydrogen-bond donors (Lipinski definition) is 1. The lowest BCUT2D eigenvalue weighted by atomic mass is 10.1. The number of ether oxygens (including phenoxy) is 1. The Kier molecular flexibility index (Phi) is 6.41. The highest BCUT2D eigenvalue weighted by atomic mass is 32.2. The second-order valence-electron chi connectivity index (χ2n) is 5.62. The third-order valence-electron chi connectivity index (χ3n) is 2.65. The van der Waals surface area contributed by atoms with Crippen molar-refractivity contribution in [3.8, 4) is 5.75 Å². The molecule has 0 fully saturated rings. The number of para-hydroxylation sites is 1. The van der Waals surface area contributed by atoms with Gasteiger partial charge in [-0.15, -0.1) is 13.2 Å². The Morgan fingerprint density at radius 1 is 1.19 bits per heavy atom. The summed E-state index contributed by atoms with van der Waals surface area (Å²) in [6, 6.07) is 6.12. The van der Waals surface area contributed by atoms with Gasteiger partial charge in [-0.1, -0.05) is 45.9 Å². The first-order chi connectivity index (χ1) is 9.62. The smallest absolute Gasteiger partial charge is 0.405 e. The maximum absolute atomic E-state index is 12.5. The van der Waals surface area contributed by atoms with Crippen LogP contribution in [0.3, 0.4) is 0 Å². The predicted molar refractivity (Wildman–Crippen MR) is 81.8 cm³/mol. The van der Waals surface area contributed by atoms with E-state index >= 15 is 0 Å². The molecule has 6 heteroatoms. The molecular weight excluding hydrogens is 299 g/mol. The van der Waals surface area contributed by atoms with Gasteiger partial charge in [-0.25, -0.2) is 0 Å². The predicted octanol–water partition coefficient (Wildman–Crippen LogP) is 4.77. The van der Waals surface area contributed by atoms with Gasteiger partial charge >= 0.3 is 6.36 Å². The summed E-state index contributed by atoms with van der Waals surface area (Å²) < 4.78 is 41.7. The van der Waals surface area contributed by atoms with Gasteiger partial charge in [0.1, 0.15) is 5.75 Å². The highest BCUT2D eigenvalue weighted by molar-refractivity contribution is 8.00. The Labute approximate surface area is 128 Å². The number of thioether (sulfide) groups is 1. The molecule has 0 spiro atoms. The first kappa shape index (κ1) is 18.2. The molecule has 1 atom stereocenters. The minimum atomic E-state index is -4.68.